The summed E-state index contributed by atoms with van der Waals surface area (Å²) in [5.74, 6) is -0.981. The first kappa shape index (κ1) is 23.9. The van der Waals surface area contributed by atoms with Gasteiger partial charge in [-0.05, 0) is 50.1 Å². The number of benzene rings is 1. The summed E-state index contributed by atoms with van der Waals surface area (Å²) in [6, 6.07) is 5.21. The van der Waals surface area contributed by atoms with E-state index in [9.17, 15) is 27.6 Å². The van der Waals surface area contributed by atoms with Crippen LogP contribution in [-0.4, -0.2) is 71.1 Å². The minimum Gasteiger partial charge on any atom is -0.450 e. The van der Waals surface area contributed by atoms with E-state index in [1.807, 2.05) is 0 Å². The molecule has 2 N–H and O–H groups in total. The summed E-state index contributed by atoms with van der Waals surface area (Å²) in [4.78, 5) is 30.2. The van der Waals surface area contributed by atoms with Gasteiger partial charge in [0.15, 0.2) is 0 Å². The number of nitrogens with zero attached hydrogens (tertiary/aromatic N) is 3. The van der Waals surface area contributed by atoms with E-state index >= 15 is 0 Å². The highest BCUT2D eigenvalue weighted by Crippen LogP contribution is 2.38. The molecule has 3 heterocycles. The average Bonchev–Trinajstić information content (AvgIpc) is 3.13. The van der Waals surface area contributed by atoms with Crippen molar-refractivity contribution in [2.24, 2.45) is 0 Å². The Hall–Kier alpha value is -3.29. The van der Waals surface area contributed by atoms with Gasteiger partial charge in [0.05, 0.1) is 18.8 Å². The molecule has 2 aliphatic rings. The Morgan fingerprint density at radius 2 is 1.94 bits per heavy atom. The molecule has 0 spiro atoms. The molecule has 0 aliphatic carbocycles. The van der Waals surface area contributed by atoms with E-state index in [1.54, 1.807) is 6.92 Å². The maximum absolute atomic E-state index is 13.5. The van der Waals surface area contributed by atoms with Gasteiger partial charge in [0.1, 0.15) is 22.5 Å². The molecule has 2 fully saturated rings. The van der Waals surface area contributed by atoms with Gasteiger partial charge in [0.25, 0.3) is 5.91 Å². The van der Waals surface area contributed by atoms with Gasteiger partial charge in [0, 0.05) is 18.7 Å². The van der Waals surface area contributed by atoms with E-state index in [2.05, 4.69) is 4.98 Å². The Balaban J connectivity index is 1.60. The Morgan fingerprint density at radius 3 is 2.56 bits per heavy atom. The molecule has 2 aliphatic heterocycles. The molecule has 2 aromatic rings. The molecule has 11 nitrogen and oxygen atoms in total. The monoisotopic (exact) mass is 494 g/mol. The standard InChI is InChI=1S/C21H23FN4O7S/c1-2-32-21(28)26-14-5-9-17(26)19(20(27)24-29)25(12-14)34(30,31)16-8-10-18(23-11-16)33-15-6-3-13(22)4-7-15/h3-4,6-8,10-11,14,17,19,29H,2,5,9,12H2,1H3,(H,24,27)/t14-,17+,19-/m1/s1. The summed E-state index contributed by atoms with van der Waals surface area (Å²) in [5.41, 5.74) is 1.52. The number of hydrogen-bond acceptors (Lipinski definition) is 8. The number of piperazine rings is 1. The van der Waals surface area contributed by atoms with Crippen molar-refractivity contribution >= 4 is 22.0 Å². The smallest absolute Gasteiger partial charge is 0.410 e. The number of halogens is 1. The molecule has 13 heteroatoms. The van der Waals surface area contributed by atoms with Crippen LogP contribution in [0.25, 0.3) is 0 Å². The van der Waals surface area contributed by atoms with Gasteiger partial charge in [-0.15, -0.1) is 0 Å². The zero-order chi connectivity index (χ0) is 24.5. The molecular weight excluding hydrogens is 471 g/mol. The van der Waals surface area contributed by atoms with Crippen LogP contribution in [0.2, 0.25) is 0 Å². The van der Waals surface area contributed by atoms with Crippen LogP contribution in [0.3, 0.4) is 0 Å². The van der Waals surface area contributed by atoms with Gasteiger partial charge in [-0.3, -0.25) is 14.9 Å². The Bertz CT molecular complexity index is 1160. The van der Waals surface area contributed by atoms with Gasteiger partial charge in [-0.1, -0.05) is 0 Å². The lowest BCUT2D eigenvalue weighted by Crippen LogP contribution is -2.66. The van der Waals surface area contributed by atoms with Crippen LogP contribution >= 0.6 is 0 Å². The molecule has 182 valence electrons. The molecule has 2 bridgehead atoms. The largest absolute Gasteiger partial charge is 0.450 e. The number of aromatic nitrogens is 1. The second-order valence-corrected chi connectivity index (χ2v) is 9.68. The fourth-order valence-electron chi connectivity index (χ4n) is 4.35. The molecule has 2 saturated heterocycles. The molecule has 3 atom stereocenters. The number of nitrogens with one attached hydrogen (secondary N) is 1. The first-order valence-corrected chi connectivity index (χ1v) is 12.0. The lowest BCUT2D eigenvalue weighted by atomic mass is 10.1. The molecule has 1 aromatic heterocycles. The number of sulfonamides is 1. The molecule has 34 heavy (non-hydrogen) atoms. The number of carbonyl (C=O) groups excluding carboxylic acids is 2. The van der Waals surface area contributed by atoms with Crippen molar-refractivity contribution in [2.75, 3.05) is 13.2 Å². The summed E-state index contributed by atoms with van der Waals surface area (Å²) in [7, 11) is -4.23. The minimum absolute atomic E-state index is 0.0856. The van der Waals surface area contributed by atoms with Crippen LogP contribution in [0.15, 0.2) is 47.5 Å². The second-order valence-electron chi connectivity index (χ2n) is 7.79. The zero-order valence-corrected chi connectivity index (χ0v) is 18.9. The predicted molar refractivity (Wildman–Crippen MR) is 114 cm³/mol. The van der Waals surface area contributed by atoms with Crippen LogP contribution in [0.4, 0.5) is 9.18 Å². The Kier molecular flexibility index (Phi) is 6.68. The van der Waals surface area contributed by atoms with E-state index < -0.39 is 46.0 Å². The number of hydroxylamine groups is 1. The SMILES string of the molecule is CCOC(=O)N1[C@@H]2CC[C@H]1[C@H](C(=O)NO)N(S(=O)(=O)c1ccc(Oc3ccc(F)cc3)nc1)C2. The number of amides is 2. The summed E-state index contributed by atoms with van der Waals surface area (Å²) in [6.07, 6.45) is 1.30. The minimum atomic E-state index is -4.23. The van der Waals surface area contributed by atoms with Crippen molar-refractivity contribution in [1.29, 1.82) is 0 Å². The van der Waals surface area contributed by atoms with Crippen molar-refractivity contribution in [3.05, 3.63) is 48.4 Å². The van der Waals surface area contributed by atoms with E-state index in [0.717, 1.165) is 10.5 Å². The third kappa shape index (κ3) is 4.41. The van der Waals surface area contributed by atoms with Crippen molar-refractivity contribution < 1.29 is 37.1 Å². The highest BCUT2D eigenvalue weighted by atomic mass is 32.2. The lowest BCUT2D eigenvalue weighted by Gasteiger charge is -2.44. The summed E-state index contributed by atoms with van der Waals surface area (Å²) >= 11 is 0. The van der Waals surface area contributed by atoms with Crippen LogP contribution < -0.4 is 10.2 Å². The van der Waals surface area contributed by atoms with Crippen LogP contribution in [0, 0.1) is 5.82 Å². The fraction of sp³-hybridized carbons (Fsp3) is 0.381. The first-order valence-electron chi connectivity index (χ1n) is 10.6. The lowest BCUT2D eigenvalue weighted by molar-refractivity contribution is -0.136. The predicted octanol–water partition coefficient (Wildman–Crippen LogP) is 1.88. The van der Waals surface area contributed by atoms with Gasteiger partial charge in [-0.2, -0.15) is 4.31 Å². The summed E-state index contributed by atoms with van der Waals surface area (Å²) in [5, 5.41) is 9.28. The number of fused-ring (bicyclic) bond motifs is 2. The number of rotatable bonds is 6. The van der Waals surface area contributed by atoms with E-state index in [1.165, 1.54) is 46.8 Å². The first-order chi connectivity index (χ1) is 16.3. The molecule has 2 amide bonds. The van der Waals surface area contributed by atoms with Gasteiger partial charge < -0.3 is 9.47 Å². The third-order valence-corrected chi connectivity index (χ3v) is 7.65. The Labute approximate surface area is 195 Å². The number of ether oxygens (including phenoxy) is 2. The fourth-order valence-corrected chi connectivity index (χ4v) is 5.96. The molecular formula is C21H23FN4O7S. The topological polar surface area (TPSA) is 138 Å². The van der Waals surface area contributed by atoms with E-state index in [-0.39, 0.29) is 23.9 Å². The number of carbonyl (C=O) groups is 2. The second kappa shape index (κ2) is 9.52. The number of pyridine rings is 1. The van der Waals surface area contributed by atoms with Crippen LogP contribution in [0.5, 0.6) is 11.6 Å². The normalized spacial score (nSPS) is 22.3. The van der Waals surface area contributed by atoms with E-state index in [4.69, 9.17) is 9.47 Å². The Morgan fingerprint density at radius 1 is 1.21 bits per heavy atom. The van der Waals surface area contributed by atoms with Crippen molar-refractivity contribution in [1.82, 2.24) is 19.7 Å². The summed E-state index contributed by atoms with van der Waals surface area (Å²) in [6.45, 7) is 1.63. The van der Waals surface area contributed by atoms with Gasteiger partial charge in [0.2, 0.25) is 15.9 Å². The van der Waals surface area contributed by atoms with Gasteiger partial charge >= 0.3 is 6.09 Å². The maximum atomic E-state index is 13.5. The third-order valence-electron chi connectivity index (χ3n) is 5.82. The quantitative estimate of drug-likeness (QED) is 0.459. The van der Waals surface area contributed by atoms with Crippen molar-refractivity contribution in [2.45, 2.75) is 42.8 Å². The molecule has 0 unspecified atom stereocenters. The van der Waals surface area contributed by atoms with Crippen LogP contribution in [0.1, 0.15) is 19.8 Å². The summed E-state index contributed by atoms with van der Waals surface area (Å²) < 4.78 is 51.5. The van der Waals surface area contributed by atoms with Crippen molar-refractivity contribution in [3.63, 3.8) is 0 Å². The maximum Gasteiger partial charge on any atom is 0.410 e. The zero-order valence-electron chi connectivity index (χ0n) is 18.1. The average molecular weight is 495 g/mol. The number of hydrogen-bond donors (Lipinski definition) is 2. The molecule has 1 aromatic carbocycles. The molecule has 0 radical (unpaired) electrons. The van der Waals surface area contributed by atoms with Crippen molar-refractivity contribution in [3.8, 4) is 11.6 Å². The highest BCUT2D eigenvalue weighted by molar-refractivity contribution is 7.89. The van der Waals surface area contributed by atoms with Gasteiger partial charge in [-0.25, -0.2) is 28.1 Å². The van der Waals surface area contributed by atoms with E-state index in [0.29, 0.717) is 18.6 Å². The highest BCUT2D eigenvalue weighted by Gasteiger charge is 2.55. The molecule has 4 rings (SSSR count). The molecule has 0 saturated carbocycles. The van der Waals surface area contributed by atoms with Crippen LogP contribution in [-0.2, 0) is 19.6 Å².